The fourth-order valence-electron chi connectivity index (χ4n) is 2.32. The smallest absolute Gasteiger partial charge is 0.0951 e. The summed E-state index contributed by atoms with van der Waals surface area (Å²) in [4.78, 5) is 6.25. The zero-order chi connectivity index (χ0) is 14.1. The molecule has 0 bridgehead atoms. The third kappa shape index (κ3) is 2.75. The lowest BCUT2D eigenvalue weighted by atomic mass is 10.2. The van der Waals surface area contributed by atoms with Crippen molar-refractivity contribution in [2.24, 2.45) is 0 Å². The lowest BCUT2D eigenvalue weighted by Crippen LogP contribution is -2.10. The molecular weight excluding hydrogens is 272 g/mol. The first-order chi connectivity index (χ1) is 9.65. The molecule has 0 spiro atoms. The van der Waals surface area contributed by atoms with E-state index in [1.807, 2.05) is 43.7 Å². The maximum absolute atomic E-state index is 6.28. The van der Waals surface area contributed by atoms with Crippen LogP contribution in [0.3, 0.4) is 0 Å². The minimum absolute atomic E-state index is 0.661. The molecule has 0 radical (unpaired) electrons. The third-order valence-corrected chi connectivity index (χ3v) is 3.89. The zero-order valence-electron chi connectivity index (χ0n) is 11.8. The van der Waals surface area contributed by atoms with Crippen LogP contribution in [0.2, 0.25) is 5.02 Å². The summed E-state index contributed by atoms with van der Waals surface area (Å²) in [5.41, 5.74) is 3.28. The molecule has 0 unspecified atom stereocenters. The Balaban J connectivity index is 1.69. The van der Waals surface area contributed by atoms with Crippen LogP contribution in [0.4, 0.5) is 11.4 Å². The molecule has 0 aliphatic heterocycles. The Labute approximate surface area is 124 Å². The van der Waals surface area contributed by atoms with Gasteiger partial charge in [-0.2, -0.15) is 0 Å². The molecular formula is C15H19ClN4. The number of hydrogen-bond acceptors (Lipinski definition) is 3. The van der Waals surface area contributed by atoms with Crippen molar-refractivity contribution in [3.63, 3.8) is 0 Å². The molecule has 1 aromatic heterocycles. The second-order valence-corrected chi connectivity index (χ2v) is 5.84. The predicted molar refractivity (Wildman–Crippen MR) is 83.6 cm³/mol. The molecule has 2 aromatic rings. The fourth-order valence-corrected chi connectivity index (χ4v) is 2.67. The highest BCUT2D eigenvalue weighted by Gasteiger charge is 2.24. The Hall–Kier alpha value is -1.68. The minimum Gasteiger partial charge on any atom is -0.379 e. The van der Waals surface area contributed by atoms with Crippen LogP contribution in [-0.2, 0) is 6.54 Å². The van der Waals surface area contributed by atoms with E-state index in [4.69, 9.17) is 11.6 Å². The van der Waals surface area contributed by atoms with Gasteiger partial charge in [-0.15, -0.1) is 0 Å². The van der Waals surface area contributed by atoms with Gasteiger partial charge in [0.2, 0.25) is 0 Å². The van der Waals surface area contributed by atoms with Crippen molar-refractivity contribution in [3.8, 4) is 0 Å². The first-order valence-corrected chi connectivity index (χ1v) is 7.24. The number of halogens is 1. The summed E-state index contributed by atoms with van der Waals surface area (Å²) in [6.07, 6.45) is 6.40. The summed E-state index contributed by atoms with van der Waals surface area (Å²) < 4.78 is 2.27. The van der Waals surface area contributed by atoms with Crippen LogP contribution in [0.5, 0.6) is 0 Å². The number of aromatic nitrogens is 2. The van der Waals surface area contributed by atoms with E-state index < -0.39 is 0 Å². The van der Waals surface area contributed by atoms with Crippen LogP contribution in [-0.4, -0.2) is 23.6 Å². The van der Waals surface area contributed by atoms with E-state index in [1.165, 1.54) is 18.5 Å². The van der Waals surface area contributed by atoms with Gasteiger partial charge in [0.1, 0.15) is 0 Å². The molecule has 20 heavy (non-hydrogen) atoms. The lowest BCUT2D eigenvalue weighted by molar-refractivity contribution is 0.701. The molecule has 4 nitrogen and oxygen atoms in total. The molecule has 1 aromatic carbocycles. The molecule has 0 amide bonds. The largest absolute Gasteiger partial charge is 0.379 e. The number of imidazole rings is 1. The van der Waals surface area contributed by atoms with E-state index in [9.17, 15) is 0 Å². The van der Waals surface area contributed by atoms with Crippen LogP contribution >= 0.6 is 11.6 Å². The number of nitrogens with zero attached hydrogens (tertiary/aromatic N) is 3. The van der Waals surface area contributed by atoms with Gasteiger partial charge in [-0.25, -0.2) is 4.98 Å². The van der Waals surface area contributed by atoms with Crippen molar-refractivity contribution in [2.45, 2.75) is 25.4 Å². The highest BCUT2D eigenvalue weighted by atomic mass is 35.5. The van der Waals surface area contributed by atoms with Crippen molar-refractivity contribution in [1.29, 1.82) is 0 Å². The quantitative estimate of drug-likeness (QED) is 0.914. The summed E-state index contributed by atoms with van der Waals surface area (Å²) in [5.74, 6) is 0. The topological polar surface area (TPSA) is 33.1 Å². The first kappa shape index (κ1) is 13.3. The van der Waals surface area contributed by atoms with Gasteiger partial charge in [0.25, 0.3) is 0 Å². The molecule has 1 aliphatic rings. The molecule has 1 saturated carbocycles. The Morgan fingerprint density at radius 2 is 2.20 bits per heavy atom. The van der Waals surface area contributed by atoms with Crippen LogP contribution in [0.1, 0.15) is 24.6 Å². The summed E-state index contributed by atoms with van der Waals surface area (Å²) in [5, 5.41) is 4.17. The van der Waals surface area contributed by atoms with Crippen molar-refractivity contribution in [1.82, 2.24) is 9.55 Å². The summed E-state index contributed by atoms with van der Waals surface area (Å²) in [7, 11) is 3.98. The number of anilines is 2. The number of hydrogen-bond donors (Lipinski definition) is 1. The standard InChI is InChI=1S/C15H19ClN4/c1-19(2)15-6-3-11(7-14(15)16)18-9-13-8-17-10-20(13)12-4-5-12/h3,6-8,10,12,18H,4-5,9H2,1-2H3. The lowest BCUT2D eigenvalue weighted by Gasteiger charge is -2.16. The van der Waals surface area contributed by atoms with Gasteiger partial charge in [0.05, 0.1) is 29.3 Å². The van der Waals surface area contributed by atoms with Gasteiger partial charge < -0.3 is 14.8 Å². The van der Waals surface area contributed by atoms with Gasteiger partial charge in [-0.05, 0) is 31.0 Å². The van der Waals surface area contributed by atoms with Crippen LogP contribution in [0.15, 0.2) is 30.7 Å². The summed E-state index contributed by atoms with van der Waals surface area (Å²) >= 11 is 6.28. The third-order valence-electron chi connectivity index (χ3n) is 3.59. The summed E-state index contributed by atoms with van der Waals surface area (Å²) in [6, 6.07) is 6.71. The van der Waals surface area contributed by atoms with E-state index >= 15 is 0 Å². The molecule has 5 heteroatoms. The van der Waals surface area contributed by atoms with Crippen molar-refractivity contribution in [3.05, 3.63) is 41.4 Å². The van der Waals surface area contributed by atoms with Gasteiger partial charge in [-0.3, -0.25) is 0 Å². The number of rotatable bonds is 5. The molecule has 1 heterocycles. The van der Waals surface area contributed by atoms with E-state index in [1.54, 1.807) is 0 Å². The minimum atomic E-state index is 0.661. The number of nitrogens with one attached hydrogen (secondary N) is 1. The average molecular weight is 291 g/mol. The second kappa shape index (κ2) is 5.37. The maximum atomic E-state index is 6.28. The second-order valence-electron chi connectivity index (χ2n) is 5.44. The Morgan fingerprint density at radius 1 is 1.40 bits per heavy atom. The van der Waals surface area contributed by atoms with E-state index in [0.717, 1.165) is 22.9 Å². The molecule has 1 fully saturated rings. The first-order valence-electron chi connectivity index (χ1n) is 6.86. The van der Waals surface area contributed by atoms with Crippen molar-refractivity contribution in [2.75, 3.05) is 24.3 Å². The van der Waals surface area contributed by atoms with Gasteiger partial charge in [0, 0.05) is 32.0 Å². The average Bonchev–Trinajstić information content (AvgIpc) is 3.15. The SMILES string of the molecule is CN(C)c1ccc(NCc2cncn2C2CC2)cc1Cl. The normalized spacial score (nSPS) is 14.3. The van der Waals surface area contributed by atoms with E-state index in [2.05, 4.69) is 20.9 Å². The zero-order valence-corrected chi connectivity index (χ0v) is 12.6. The molecule has 106 valence electrons. The predicted octanol–water partition coefficient (Wildman–Crippen LogP) is 3.55. The molecule has 0 atom stereocenters. The highest BCUT2D eigenvalue weighted by molar-refractivity contribution is 6.33. The molecule has 1 N–H and O–H groups in total. The number of benzene rings is 1. The highest BCUT2D eigenvalue weighted by Crippen LogP contribution is 2.35. The summed E-state index contributed by atoms with van der Waals surface area (Å²) in [6.45, 7) is 0.772. The van der Waals surface area contributed by atoms with E-state index in [-0.39, 0.29) is 0 Å². The van der Waals surface area contributed by atoms with Crippen molar-refractivity contribution < 1.29 is 0 Å². The fraction of sp³-hybridized carbons (Fsp3) is 0.400. The molecule has 0 saturated heterocycles. The monoisotopic (exact) mass is 290 g/mol. The Kier molecular flexibility index (Phi) is 3.57. The van der Waals surface area contributed by atoms with Crippen LogP contribution in [0, 0.1) is 0 Å². The van der Waals surface area contributed by atoms with Crippen LogP contribution < -0.4 is 10.2 Å². The van der Waals surface area contributed by atoms with Gasteiger partial charge in [0.15, 0.2) is 0 Å². The van der Waals surface area contributed by atoms with Gasteiger partial charge >= 0.3 is 0 Å². The van der Waals surface area contributed by atoms with Crippen molar-refractivity contribution >= 4 is 23.0 Å². The van der Waals surface area contributed by atoms with Gasteiger partial charge in [-0.1, -0.05) is 11.6 Å². The Bertz CT molecular complexity index is 602. The molecule has 1 aliphatic carbocycles. The maximum Gasteiger partial charge on any atom is 0.0951 e. The Morgan fingerprint density at radius 3 is 2.85 bits per heavy atom. The molecule has 3 rings (SSSR count). The van der Waals surface area contributed by atoms with E-state index in [0.29, 0.717) is 6.04 Å². The van der Waals surface area contributed by atoms with Crippen LogP contribution in [0.25, 0.3) is 0 Å².